The van der Waals surface area contributed by atoms with Crippen LogP contribution in [0.5, 0.6) is 0 Å². The lowest BCUT2D eigenvalue weighted by atomic mass is 10.3. The third-order valence-electron chi connectivity index (χ3n) is 1.87. The Kier molecular flexibility index (Phi) is 3.40. The Morgan fingerprint density at radius 3 is 2.55 bits per heavy atom. The van der Waals surface area contributed by atoms with Crippen LogP contribution in [0.1, 0.15) is 39.5 Å². The Balaban J connectivity index is 2.10. The summed E-state index contributed by atoms with van der Waals surface area (Å²) < 4.78 is 0. The monoisotopic (exact) mass is 155 g/mol. The van der Waals surface area contributed by atoms with Crippen LogP contribution in [0.25, 0.3) is 0 Å². The van der Waals surface area contributed by atoms with Crippen molar-refractivity contribution in [3.63, 3.8) is 0 Å². The summed E-state index contributed by atoms with van der Waals surface area (Å²) in [5.41, 5.74) is 0. The van der Waals surface area contributed by atoms with Crippen molar-refractivity contribution < 1.29 is 4.84 Å². The highest BCUT2D eigenvalue weighted by Crippen LogP contribution is 2.20. The van der Waals surface area contributed by atoms with Gasteiger partial charge in [0.25, 0.3) is 0 Å². The molecule has 64 valence electrons. The van der Waals surface area contributed by atoms with Gasteiger partial charge in [-0.15, -0.1) is 0 Å². The summed E-state index contributed by atoms with van der Waals surface area (Å²) in [6, 6.07) is 0. The average Bonchev–Trinajstić information content (AvgIpc) is 2.39. The number of rotatable bonds is 3. The molecule has 1 saturated carbocycles. The summed E-state index contributed by atoms with van der Waals surface area (Å²) in [5, 5.41) is 3.93. The Bertz CT molecular complexity index is 126. The minimum Gasteiger partial charge on any atom is -0.393 e. The zero-order valence-electron chi connectivity index (χ0n) is 7.42. The van der Waals surface area contributed by atoms with Gasteiger partial charge in [-0.2, -0.15) is 0 Å². The lowest BCUT2D eigenvalue weighted by Gasteiger charge is -2.05. The topological polar surface area (TPSA) is 21.6 Å². The normalized spacial score (nSPS) is 20.3. The van der Waals surface area contributed by atoms with Crippen LogP contribution in [0.15, 0.2) is 5.16 Å². The maximum absolute atomic E-state index is 5.28. The standard InChI is InChI=1S/C9H17NO/c1-8(2)7-10-11-9-5-3-4-6-9/h7-9H,3-6H2,1-2H3. The zero-order valence-corrected chi connectivity index (χ0v) is 7.42. The van der Waals surface area contributed by atoms with Crippen LogP contribution in [0.4, 0.5) is 0 Å². The number of hydrogen-bond donors (Lipinski definition) is 0. The molecule has 1 fully saturated rings. The highest BCUT2D eigenvalue weighted by Gasteiger charge is 2.15. The van der Waals surface area contributed by atoms with E-state index in [2.05, 4.69) is 19.0 Å². The fourth-order valence-electron chi connectivity index (χ4n) is 1.24. The predicted octanol–water partition coefficient (Wildman–Crippen LogP) is 2.59. The maximum atomic E-state index is 5.28. The highest BCUT2D eigenvalue weighted by molar-refractivity contribution is 5.58. The van der Waals surface area contributed by atoms with Crippen LogP contribution in [0, 0.1) is 5.92 Å². The molecule has 0 aromatic carbocycles. The molecule has 11 heavy (non-hydrogen) atoms. The van der Waals surface area contributed by atoms with Crippen molar-refractivity contribution in [2.24, 2.45) is 11.1 Å². The van der Waals surface area contributed by atoms with Crippen molar-refractivity contribution in [3.05, 3.63) is 0 Å². The molecule has 0 aromatic heterocycles. The molecule has 0 bridgehead atoms. The van der Waals surface area contributed by atoms with Crippen LogP contribution in [-0.2, 0) is 4.84 Å². The largest absolute Gasteiger partial charge is 0.393 e. The van der Waals surface area contributed by atoms with Crippen molar-refractivity contribution >= 4 is 6.21 Å². The molecule has 0 aliphatic heterocycles. The van der Waals surface area contributed by atoms with Crippen LogP contribution >= 0.6 is 0 Å². The summed E-state index contributed by atoms with van der Waals surface area (Å²) in [6.45, 7) is 4.20. The van der Waals surface area contributed by atoms with Crippen molar-refractivity contribution in [2.75, 3.05) is 0 Å². The Hall–Kier alpha value is -0.530. The van der Waals surface area contributed by atoms with E-state index in [9.17, 15) is 0 Å². The van der Waals surface area contributed by atoms with E-state index in [-0.39, 0.29) is 0 Å². The van der Waals surface area contributed by atoms with E-state index in [0.717, 1.165) is 0 Å². The Morgan fingerprint density at radius 2 is 2.00 bits per heavy atom. The van der Waals surface area contributed by atoms with Gasteiger partial charge in [-0.1, -0.05) is 19.0 Å². The third kappa shape index (κ3) is 3.40. The van der Waals surface area contributed by atoms with Gasteiger partial charge in [-0.25, -0.2) is 0 Å². The van der Waals surface area contributed by atoms with E-state index in [1.165, 1.54) is 25.7 Å². The SMILES string of the molecule is CC(C)C=NOC1CCCC1. The summed E-state index contributed by atoms with van der Waals surface area (Å²) in [6.07, 6.45) is 7.26. The number of oxime groups is 1. The van der Waals surface area contributed by atoms with Gasteiger partial charge in [0.05, 0.1) is 0 Å². The molecule has 0 heterocycles. The molecule has 0 amide bonds. The molecule has 1 rings (SSSR count). The van der Waals surface area contributed by atoms with E-state index in [0.29, 0.717) is 12.0 Å². The molecule has 2 heteroatoms. The van der Waals surface area contributed by atoms with Crippen LogP contribution in [0.2, 0.25) is 0 Å². The smallest absolute Gasteiger partial charge is 0.127 e. The van der Waals surface area contributed by atoms with Gasteiger partial charge < -0.3 is 4.84 Å². The summed E-state index contributed by atoms with van der Waals surface area (Å²) in [7, 11) is 0. The van der Waals surface area contributed by atoms with Crippen molar-refractivity contribution in [1.29, 1.82) is 0 Å². The summed E-state index contributed by atoms with van der Waals surface area (Å²) in [4.78, 5) is 5.28. The molecular weight excluding hydrogens is 138 g/mol. The molecule has 0 aromatic rings. The number of nitrogens with zero attached hydrogens (tertiary/aromatic N) is 1. The molecule has 1 aliphatic rings. The van der Waals surface area contributed by atoms with Crippen molar-refractivity contribution in [2.45, 2.75) is 45.6 Å². The first kappa shape index (κ1) is 8.57. The molecule has 0 spiro atoms. The minimum atomic E-state index is 0.407. The van der Waals surface area contributed by atoms with Gasteiger partial charge in [0.2, 0.25) is 0 Å². The second kappa shape index (κ2) is 4.37. The van der Waals surface area contributed by atoms with E-state index in [1.54, 1.807) is 0 Å². The molecular formula is C9H17NO. The molecule has 1 aliphatic carbocycles. The molecule has 0 N–H and O–H groups in total. The van der Waals surface area contributed by atoms with E-state index in [1.807, 2.05) is 6.21 Å². The van der Waals surface area contributed by atoms with Gasteiger partial charge in [0, 0.05) is 6.21 Å². The van der Waals surface area contributed by atoms with Crippen LogP contribution in [-0.4, -0.2) is 12.3 Å². The fourth-order valence-corrected chi connectivity index (χ4v) is 1.24. The molecule has 0 unspecified atom stereocenters. The minimum absolute atomic E-state index is 0.407. The van der Waals surface area contributed by atoms with Crippen molar-refractivity contribution in [3.8, 4) is 0 Å². The van der Waals surface area contributed by atoms with Gasteiger partial charge in [-0.05, 0) is 31.6 Å². The van der Waals surface area contributed by atoms with Gasteiger partial charge in [0.15, 0.2) is 0 Å². The van der Waals surface area contributed by atoms with Gasteiger partial charge in [0.1, 0.15) is 6.10 Å². The van der Waals surface area contributed by atoms with Crippen LogP contribution in [0.3, 0.4) is 0 Å². The maximum Gasteiger partial charge on any atom is 0.127 e. The average molecular weight is 155 g/mol. The first-order valence-corrected chi connectivity index (χ1v) is 4.48. The zero-order chi connectivity index (χ0) is 8.10. The van der Waals surface area contributed by atoms with E-state index < -0.39 is 0 Å². The van der Waals surface area contributed by atoms with Gasteiger partial charge >= 0.3 is 0 Å². The third-order valence-corrected chi connectivity index (χ3v) is 1.87. The van der Waals surface area contributed by atoms with Gasteiger partial charge in [-0.3, -0.25) is 0 Å². The quantitative estimate of drug-likeness (QED) is 0.453. The fraction of sp³-hybridized carbons (Fsp3) is 0.889. The summed E-state index contributed by atoms with van der Waals surface area (Å²) >= 11 is 0. The second-order valence-corrected chi connectivity index (χ2v) is 3.51. The second-order valence-electron chi connectivity index (χ2n) is 3.51. The predicted molar refractivity (Wildman–Crippen MR) is 46.7 cm³/mol. The first-order chi connectivity index (χ1) is 5.29. The Morgan fingerprint density at radius 1 is 1.36 bits per heavy atom. The van der Waals surface area contributed by atoms with Crippen molar-refractivity contribution in [1.82, 2.24) is 0 Å². The molecule has 0 atom stereocenters. The molecule has 0 radical (unpaired) electrons. The van der Waals surface area contributed by atoms with E-state index >= 15 is 0 Å². The first-order valence-electron chi connectivity index (χ1n) is 4.48. The highest BCUT2D eigenvalue weighted by atomic mass is 16.6. The lowest BCUT2D eigenvalue weighted by molar-refractivity contribution is 0.0648. The van der Waals surface area contributed by atoms with E-state index in [4.69, 9.17) is 4.84 Å². The molecule has 0 saturated heterocycles. The number of hydrogen-bond acceptors (Lipinski definition) is 2. The lowest BCUT2D eigenvalue weighted by Crippen LogP contribution is -2.03. The Labute approximate surface area is 68.6 Å². The summed E-state index contributed by atoms with van der Waals surface area (Å²) in [5.74, 6) is 0.497. The van der Waals surface area contributed by atoms with Crippen LogP contribution < -0.4 is 0 Å². The molecule has 2 nitrogen and oxygen atoms in total.